The van der Waals surface area contributed by atoms with E-state index in [1.807, 2.05) is 6.07 Å². The third-order valence-electron chi connectivity index (χ3n) is 4.13. The van der Waals surface area contributed by atoms with Crippen molar-refractivity contribution < 1.29 is 18.3 Å². The number of rotatable bonds is 7. The maximum absolute atomic E-state index is 13.3. The smallest absolute Gasteiger partial charge is 0.162 e. The van der Waals surface area contributed by atoms with Crippen LogP contribution >= 0.6 is 39.1 Å². The number of halogens is 5. The average molecular weight is 503 g/mol. The van der Waals surface area contributed by atoms with Gasteiger partial charge in [-0.2, -0.15) is 0 Å². The number of ether oxygens (including phenoxy) is 2. The fraction of sp³-hybridized carbons (Fsp3) is 0.143. The summed E-state index contributed by atoms with van der Waals surface area (Å²) in [5, 5.41) is 3.52. The molecule has 0 aliphatic carbocycles. The average Bonchev–Trinajstić information content (AvgIpc) is 2.69. The standard InChI is InChI=1S/C21H16BrCl2F2NO2/c1-28-20-6-13(10-27-15-4-5-19(26)18(24)8-15)16(22)9-21(20)29-11-12-2-3-14(25)7-17(12)23/h2-9,27H,10-11H2,1H3. The summed E-state index contributed by atoms with van der Waals surface area (Å²) in [5.41, 5.74) is 2.24. The van der Waals surface area contributed by atoms with Gasteiger partial charge in [-0.3, -0.25) is 0 Å². The zero-order chi connectivity index (χ0) is 21.0. The predicted molar refractivity (Wildman–Crippen MR) is 115 cm³/mol. The Balaban J connectivity index is 1.73. The molecule has 152 valence electrons. The third kappa shape index (κ3) is 5.53. The van der Waals surface area contributed by atoms with E-state index in [0.717, 1.165) is 10.0 Å². The summed E-state index contributed by atoms with van der Waals surface area (Å²) in [6.07, 6.45) is 0. The predicted octanol–water partition coefficient (Wildman–Crippen LogP) is 7.23. The van der Waals surface area contributed by atoms with Crippen LogP contribution in [0.3, 0.4) is 0 Å². The Kier molecular flexibility index (Phi) is 7.22. The Morgan fingerprint density at radius 2 is 1.72 bits per heavy atom. The van der Waals surface area contributed by atoms with E-state index in [4.69, 9.17) is 32.7 Å². The van der Waals surface area contributed by atoms with E-state index in [9.17, 15) is 8.78 Å². The SMILES string of the molecule is COc1cc(CNc2ccc(F)c(Cl)c2)c(Br)cc1OCc1ccc(F)cc1Cl. The molecule has 0 unspecified atom stereocenters. The van der Waals surface area contributed by atoms with E-state index in [2.05, 4.69) is 21.2 Å². The first-order valence-electron chi connectivity index (χ1n) is 8.49. The third-order valence-corrected chi connectivity index (χ3v) is 5.51. The number of anilines is 1. The largest absolute Gasteiger partial charge is 0.493 e. The van der Waals surface area contributed by atoms with Gasteiger partial charge in [0.05, 0.1) is 17.2 Å². The second kappa shape index (κ2) is 9.65. The van der Waals surface area contributed by atoms with Gasteiger partial charge in [-0.15, -0.1) is 0 Å². The lowest BCUT2D eigenvalue weighted by Gasteiger charge is -2.15. The lowest BCUT2D eigenvalue weighted by molar-refractivity contribution is 0.284. The molecule has 3 rings (SSSR count). The lowest BCUT2D eigenvalue weighted by Crippen LogP contribution is -2.03. The second-order valence-electron chi connectivity index (χ2n) is 6.10. The minimum atomic E-state index is -0.470. The molecular weight excluding hydrogens is 487 g/mol. The quantitative estimate of drug-likeness (QED) is 0.369. The molecule has 0 radical (unpaired) electrons. The Hall–Kier alpha value is -2.02. The van der Waals surface area contributed by atoms with Gasteiger partial charge in [-0.25, -0.2) is 8.78 Å². The van der Waals surface area contributed by atoms with Crippen LogP contribution in [0.1, 0.15) is 11.1 Å². The number of hydrogen-bond donors (Lipinski definition) is 1. The molecule has 0 aliphatic heterocycles. The van der Waals surface area contributed by atoms with E-state index in [0.29, 0.717) is 34.3 Å². The van der Waals surface area contributed by atoms with Crippen LogP contribution in [-0.4, -0.2) is 7.11 Å². The van der Waals surface area contributed by atoms with E-state index >= 15 is 0 Å². The summed E-state index contributed by atoms with van der Waals surface area (Å²) in [6.45, 7) is 0.608. The Bertz CT molecular complexity index is 1030. The van der Waals surface area contributed by atoms with Crippen LogP contribution < -0.4 is 14.8 Å². The molecular formula is C21H16BrCl2F2NO2. The van der Waals surface area contributed by atoms with Crippen LogP contribution in [0, 0.1) is 11.6 Å². The summed E-state index contributed by atoms with van der Waals surface area (Å²) in [7, 11) is 1.54. The Morgan fingerprint density at radius 1 is 0.931 bits per heavy atom. The van der Waals surface area contributed by atoms with Gasteiger partial charge < -0.3 is 14.8 Å². The topological polar surface area (TPSA) is 30.5 Å². The molecule has 29 heavy (non-hydrogen) atoms. The van der Waals surface area contributed by atoms with Gasteiger partial charge in [-0.05, 0) is 48.0 Å². The highest BCUT2D eigenvalue weighted by Gasteiger charge is 2.12. The van der Waals surface area contributed by atoms with Crippen LogP contribution in [0.2, 0.25) is 10.0 Å². The minimum absolute atomic E-state index is 0.0508. The summed E-state index contributed by atoms with van der Waals surface area (Å²) < 4.78 is 38.5. The van der Waals surface area contributed by atoms with E-state index in [1.54, 1.807) is 18.2 Å². The van der Waals surface area contributed by atoms with Crippen molar-refractivity contribution >= 4 is 44.8 Å². The molecule has 0 aromatic heterocycles. The normalized spacial score (nSPS) is 10.7. The zero-order valence-electron chi connectivity index (χ0n) is 15.2. The fourth-order valence-corrected chi connectivity index (χ4v) is 3.45. The number of benzene rings is 3. The van der Waals surface area contributed by atoms with Gasteiger partial charge in [0.1, 0.15) is 18.2 Å². The number of hydrogen-bond acceptors (Lipinski definition) is 3. The van der Waals surface area contributed by atoms with Crippen LogP contribution in [0.15, 0.2) is 53.0 Å². The zero-order valence-corrected chi connectivity index (χ0v) is 18.3. The molecule has 3 aromatic rings. The summed E-state index contributed by atoms with van der Waals surface area (Å²) in [5.74, 6) is 0.162. The van der Waals surface area contributed by atoms with Gasteiger partial charge in [-0.1, -0.05) is 45.2 Å². The Labute approximate surface area is 185 Å². The van der Waals surface area contributed by atoms with Crippen LogP contribution in [0.25, 0.3) is 0 Å². The van der Waals surface area contributed by atoms with Gasteiger partial charge in [0.15, 0.2) is 11.5 Å². The van der Waals surface area contributed by atoms with Crippen LogP contribution in [-0.2, 0) is 13.2 Å². The highest BCUT2D eigenvalue weighted by atomic mass is 79.9. The number of nitrogens with one attached hydrogen (secondary N) is 1. The molecule has 8 heteroatoms. The van der Waals surface area contributed by atoms with Crippen LogP contribution in [0.4, 0.5) is 14.5 Å². The van der Waals surface area contributed by atoms with Crippen LogP contribution in [0.5, 0.6) is 11.5 Å². The van der Waals surface area contributed by atoms with E-state index in [-0.39, 0.29) is 11.6 Å². The molecule has 1 N–H and O–H groups in total. The highest BCUT2D eigenvalue weighted by Crippen LogP contribution is 2.35. The number of methoxy groups -OCH3 is 1. The molecule has 0 atom stereocenters. The van der Waals surface area contributed by atoms with Crippen molar-refractivity contribution in [2.24, 2.45) is 0 Å². The highest BCUT2D eigenvalue weighted by molar-refractivity contribution is 9.10. The maximum Gasteiger partial charge on any atom is 0.162 e. The van der Waals surface area contributed by atoms with Gasteiger partial charge >= 0.3 is 0 Å². The molecule has 0 aliphatic rings. The first kappa shape index (κ1) is 21.7. The minimum Gasteiger partial charge on any atom is -0.493 e. The summed E-state index contributed by atoms with van der Waals surface area (Å²) >= 11 is 15.4. The van der Waals surface area contributed by atoms with Crippen molar-refractivity contribution in [1.82, 2.24) is 0 Å². The van der Waals surface area contributed by atoms with Crippen molar-refractivity contribution in [2.75, 3.05) is 12.4 Å². The molecule has 3 nitrogen and oxygen atoms in total. The molecule has 0 heterocycles. The molecule has 0 bridgehead atoms. The second-order valence-corrected chi connectivity index (χ2v) is 7.77. The molecule has 0 amide bonds. The van der Waals surface area contributed by atoms with E-state index < -0.39 is 11.6 Å². The van der Waals surface area contributed by atoms with Crippen molar-refractivity contribution in [1.29, 1.82) is 0 Å². The first-order valence-corrected chi connectivity index (χ1v) is 10.0. The Morgan fingerprint density at radius 3 is 2.41 bits per heavy atom. The molecule has 0 saturated carbocycles. The van der Waals surface area contributed by atoms with Gasteiger partial charge in [0.25, 0.3) is 0 Å². The fourth-order valence-electron chi connectivity index (χ4n) is 2.58. The monoisotopic (exact) mass is 501 g/mol. The van der Waals surface area contributed by atoms with E-state index in [1.165, 1.54) is 31.4 Å². The van der Waals surface area contributed by atoms with Crippen molar-refractivity contribution in [3.8, 4) is 11.5 Å². The first-order chi connectivity index (χ1) is 13.9. The molecule has 3 aromatic carbocycles. The van der Waals surface area contributed by atoms with Gasteiger partial charge in [0, 0.05) is 22.3 Å². The lowest BCUT2D eigenvalue weighted by atomic mass is 10.2. The van der Waals surface area contributed by atoms with Crippen molar-refractivity contribution in [2.45, 2.75) is 13.2 Å². The maximum atomic E-state index is 13.3. The van der Waals surface area contributed by atoms with Gasteiger partial charge in [0.2, 0.25) is 0 Å². The molecule has 0 fully saturated rings. The molecule has 0 saturated heterocycles. The summed E-state index contributed by atoms with van der Waals surface area (Å²) in [4.78, 5) is 0. The van der Waals surface area contributed by atoms with Crippen molar-refractivity contribution in [3.05, 3.63) is 85.8 Å². The van der Waals surface area contributed by atoms with Crippen molar-refractivity contribution in [3.63, 3.8) is 0 Å². The molecule has 0 spiro atoms. The summed E-state index contributed by atoms with van der Waals surface area (Å²) in [6, 6.07) is 12.2.